The highest BCUT2D eigenvalue weighted by molar-refractivity contribution is 5.47. The molecule has 2 heterocycles. The van der Waals surface area contributed by atoms with Crippen LogP contribution in [0.3, 0.4) is 0 Å². The van der Waals surface area contributed by atoms with Crippen molar-refractivity contribution >= 4 is 6.41 Å². The summed E-state index contributed by atoms with van der Waals surface area (Å²) in [6.45, 7) is 4.94. The number of hydrogen-bond acceptors (Lipinski definition) is 2. The topological polar surface area (TPSA) is 38.1 Å². The van der Waals surface area contributed by atoms with E-state index < -0.39 is 0 Å². The SMILES string of the molecule is CC1(Cn2ccnc2)CCCN(C=O)C1. The number of likely N-dealkylation sites (tertiary alicyclic amines) is 1. The third-order valence-electron chi connectivity index (χ3n) is 3.08. The number of hydrogen-bond donors (Lipinski definition) is 0. The fourth-order valence-electron chi connectivity index (χ4n) is 2.40. The van der Waals surface area contributed by atoms with E-state index >= 15 is 0 Å². The summed E-state index contributed by atoms with van der Waals surface area (Å²) < 4.78 is 2.09. The van der Waals surface area contributed by atoms with E-state index in [9.17, 15) is 4.79 Å². The van der Waals surface area contributed by atoms with Crippen molar-refractivity contribution in [3.8, 4) is 0 Å². The smallest absolute Gasteiger partial charge is 0.209 e. The average Bonchev–Trinajstić information content (AvgIpc) is 2.69. The van der Waals surface area contributed by atoms with Gasteiger partial charge >= 0.3 is 0 Å². The highest BCUT2D eigenvalue weighted by Crippen LogP contribution is 2.30. The molecule has 2 rings (SSSR count). The fraction of sp³-hybridized carbons (Fsp3) is 0.636. The molecule has 0 aromatic carbocycles. The van der Waals surface area contributed by atoms with Gasteiger partial charge in [0.05, 0.1) is 6.33 Å². The van der Waals surface area contributed by atoms with Crippen LogP contribution in [0.2, 0.25) is 0 Å². The van der Waals surface area contributed by atoms with Gasteiger partial charge in [-0.15, -0.1) is 0 Å². The Bertz CT molecular complexity index is 323. The van der Waals surface area contributed by atoms with Crippen LogP contribution in [0.5, 0.6) is 0 Å². The molecule has 1 fully saturated rings. The average molecular weight is 207 g/mol. The van der Waals surface area contributed by atoms with Crippen LogP contribution < -0.4 is 0 Å². The molecule has 0 saturated carbocycles. The van der Waals surface area contributed by atoms with Gasteiger partial charge < -0.3 is 9.47 Å². The molecule has 1 aliphatic heterocycles. The Hall–Kier alpha value is -1.32. The molecular weight excluding hydrogens is 190 g/mol. The quantitative estimate of drug-likeness (QED) is 0.697. The Morgan fingerprint density at radius 1 is 1.60 bits per heavy atom. The summed E-state index contributed by atoms with van der Waals surface area (Å²) in [4.78, 5) is 16.7. The standard InChI is InChI=1S/C11H17N3O/c1-11(7-13-6-4-12-9-13)3-2-5-14(8-11)10-15/h4,6,9-10H,2-3,5,7-8H2,1H3. The molecule has 1 saturated heterocycles. The van der Waals surface area contributed by atoms with Crippen LogP contribution in [-0.2, 0) is 11.3 Å². The number of rotatable bonds is 3. The summed E-state index contributed by atoms with van der Waals surface area (Å²) in [5, 5.41) is 0. The molecule has 1 unspecified atom stereocenters. The minimum Gasteiger partial charge on any atom is -0.345 e. The van der Waals surface area contributed by atoms with Crippen molar-refractivity contribution in [2.75, 3.05) is 13.1 Å². The van der Waals surface area contributed by atoms with Gasteiger partial charge in [-0.25, -0.2) is 4.98 Å². The first kappa shape index (κ1) is 10.2. The predicted octanol–water partition coefficient (Wildman–Crippen LogP) is 1.14. The van der Waals surface area contributed by atoms with E-state index in [0.29, 0.717) is 0 Å². The van der Waals surface area contributed by atoms with Crippen LogP contribution in [-0.4, -0.2) is 34.0 Å². The number of aromatic nitrogens is 2. The number of carbonyl (C=O) groups excluding carboxylic acids is 1. The first-order valence-electron chi connectivity index (χ1n) is 5.37. The van der Waals surface area contributed by atoms with Gasteiger partial charge in [-0.05, 0) is 12.8 Å². The molecular formula is C11H17N3O. The van der Waals surface area contributed by atoms with Gasteiger partial charge in [-0.1, -0.05) is 6.92 Å². The van der Waals surface area contributed by atoms with Crippen molar-refractivity contribution in [1.29, 1.82) is 0 Å². The molecule has 1 aliphatic rings. The summed E-state index contributed by atoms with van der Waals surface area (Å²) in [5.74, 6) is 0. The summed E-state index contributed by atoms with van der Waals surface area (Å²) in [6, 6.07) is 0. The van der Waals surface area contributed by atoms with Crippen molar-refractivity contribution in [3.05, 3.63) is 18.7 Å². The molecule has 0 spiro atoms. The predicted molar refractivity (Wildman–Crippen MR) is 57.2 cm³/mol. The van der Waals surface area contributed by atoms with Crippen molar-refractivity contribution < 1.29 is 4.79 Å². The monoisotopic (exact) mass is 207 g/mol. The molecule has 1 atom stereocenters. The van der Waals surface area contributed by atoms with Crippen LogP contribution in [0.15, 0.2) is 18.7 Å². The van der Waals surface area contributed by atoms with Gasteiger partial charge in [-0.2, -0.15) is 0 Å². The highest BCUT2D eigenvalue weighted by Gasteiger charge is 2.30. The third kappa shape index (κ3) is 2.37. The molecule has 0 radical (unpaired) electrons. The minimum atomic E-state index is 0.194. The first-order valence-corrected chi connectivity index (χ1v) is 5.37. The van der Waals surface area contributed by atoms with E-state index in [2.05, 4.69) is 16.5 Å². The van der Waals surface area contributed by atoms with Gasteiger partial charge in [0.2, 0.25) is 6.41 Å². The van der Waals surface area contributed by atoms with Gasteiger partial charge in [0.15, 0.2) is 0 Å². The van der Waals surface area contributed by atoms with Crippen molar-refractivity contribution in [2.45, 2.75) is 26.3 Å². The first-order chi connectivity index (χ1) is 7.22. The maximum Gasteiger partial charge on any atom is 0.209 e. The zero-order chi connectivity index (χ0) is 10.7. The second-order valence-electron chi connectivity index (χ2n) is 4.73. The third-order valence-corrected chi connectivity index (χ3v) is 3.08. The summed E-state index contributed by atoms with van der Waals surface area (Å²) in [5.41, 5.74) is 0.194. The zero-order valence-electron chi connectivity index (χ0n) is 9.09. The Kier molecular flexibility index (Phi) is 2.75. The summed E-state index contributed by atoms with van der Waals surface area (Å²) in [6.07, 6.45) is 8.85. The Morgan fingerprint density at radius 3 is 3.13 bits per heavy atom. The molecule has 0 bridgehead atoms. The van der Waals surface area contributed by atoms with E-state index in [0.717, 1.165) is 32.5 Å². The maximum atomic E-state index is 10.8. The Morgan fingerprint density at radius 2 is 2.47 bits per heavy atom. The van der Waals surface area contributed by atoms with E-state index in [1.54, 1.807) is 6.20 Å². The molecule has 0 aliphatic carbocycles. The Labute approximate surface area is 89.9 Å². The van der Waals surface area contributed by atoms with E-state index in [1.165, 1.54) is 6.42 Å². The zero-order valence-corrected chi connectivity index (χ0v) is 9.09. The Balaban J connectivity index is 2.02. The molecule has 82 valence electrons. The van der Waals surface area contributed by atoms with E-state index in [4.69, 9.17) is 0 Å². The fourth-order valence-corrected chi connectivity index (χ4v) is 2.40. The van der Waals surface area contributed by atoms with Crippen molar-refractivity contribution in [3.63, 3.8) is 0 Å². The van der Waals surface area contributed by atoms with Gasteiger partial charge in [0.1, 0.15) is 0 Å². The molecule has 1 amide bonds. The normalized spacial score (nSPS) is 26.6. The highest BCUT2D eigenvalue weighted by atomic mass is 16.1. The van der Waals surface area contributed by atoms with Crippen LogP contribution in [0, 0.1) is 5.41 Å². The molecule has 4 nitrogen and oxygen atoms in total. The number of imidazole rings is 1. The molecule has 4 heteroatoms. The molecule has 1 aromatic rings. The lowest BCUT2D eigenvalue weighted by Crippen LogP contribution is -2.42. The molecule has 1 aromatic heterocycles. The lowest BCUT2D eigenvalue weighted by molar-refractivity contribution is -0.121. The van der Waals surface area contributed by atoms with Crippen LogP contribution in [0.4, 0.5) is 0 Å². The van der Waals surface area contributed by atoms with Gasteiger partial charge in [0.25, 0.3) is 0 Å². The second kappa shape index (κ2) is 4.04. The van der Waals surface area contributed by atoms with Crippen molar-refractivity contribution in [2.24, 2.45) is 5.41 Å². The van der Waals surface area contributed by atoms with Gasteiger partial charge in [0, 0.05) is 37.4 Å². The molecule has 0 N–H and O–H groups in total. The number of carbonyl (C=O) groups is 1. The second-order valence-corrected chi connectivity index (χ2v) is 4.73. The largest absolute Gasteiger partial charge is 0.345 e. The molecule has 15 heavy (non-hydrogen) atoms. The summed E-state index contributed by atoms with van der Waals surface area (Å²) in [7, 11) is 0. The van der Waals surface area contributed by atoms with Crippen LogP contribution in [0.1, 0.15) is 19.8 Å². The van der Waals surface area contributed by atoms with Crippen LogP contribution in [0.25, 0.3) is 0 Å². The van der Waals surface area contributed by atoms with E-state index in [-0.39, 0.29) is 5.41 Å². The van der Waals surface area contributed by atoms with Crippen molar-refractivity contribution in [1.82, 2.24) is 14.5 Å². The van der Waals surface area contributed by atoms with E-state index in [1.807, 2.05) is 17.4 Å². The lowest BCUT2D eigenvalue weighted by Gasteiger charge is -2.38. The number of amides is 1. The summed E-state index contributed by atoms with van der Waals surface area (Å²) >= 11 is 0. The van der Waals surface area contributed by atoms with Gasteiger partial charge in [-0.3, -0.25) is 4.79 Å². The number of piperidine rings is 1. The minimum absolute atomic E-state index is 0.194. The number of nitrogens with zero attached hydrogens (tertiary/aromatic N) is 3. The van der Waals surface area contributed by atoms with Crippen LogP contribution >= 0.6 is 0 Å². The lowest BCUT2D eigenvalue weighted by atomic mass is 9.82. The maximum absolute atomic E-state index is 10.8.